The Morgan fingerprint density at radius 1 is 1.50 bits per heavy atom. The van der Waals surface area contributed by atoms with E-state index in [-0.39, 0.29) is 5.91 Å². The molecular formula is C13H18N2O2S. The third kappa shape index (κ3) is 2.90. The molecule has 5 heteroatoms. The van der Waals surface area contributed by atoms with Crippen molar-refractivity contribution >= 4 is 23.1 Å². The molecule has 1 fully saturated rings. The van der Waals surface area contributed by atoms with Crippen LogP contribution in [0.1, 0.15) is 37.9 Å². The largest absolute Gasteiger partial charge is 0.469 e. The molecule has 0 aliphatic heterocycles. The highest BCUT2D eigenvalue weighted by molar-refractivity contribution is 7.80. The number of carbonyl (C=O) groups excluding carboxylic acids is 1. The maximum atomic E-state index is 11.9. The molecule has 0 spiro atoms. The van der Waals surface area contributed by atoms with Crippen molar-refractivity contribution in [3.63, 3.8) is 0 Å². The third-order valence-corrected chi connectivity index (χ3v) is 3.88. The normalized spacial score (nSPS) is 17.6. The van der Waals surface area contributed by atoms with Crippen LogP contribution in [0.4, 0.5) is 0 Å². The van der Waals surface area contributed by atoms with Crippen LogP contribution in [0.15, 0.2) is 22.8 Å². The molecule has 1 aliphatic rings. The summed E-state index contributed by atoms with van der Waals surface area (Å²) < 4.78 is 5.20. The molecule has 1 aromatic rings. The van der Waals surface area contributed by atoms with Crippen molar-refractivity contribution in [1.29, 1.82) is 0 Å². The molecule has 1 saturated carbocycles. The van der Waals surface area contributed by atoms with Crippen molar-refractivity contribution < 1.29 is 9.21 Å². The van der Waals surface area contributed by atoms with Gasteiger partial charge in [-0.1, -0.05) is 25.1 Å². The number of nitrogens with two attached hydrogens (primary N) is 1. The number of thiocarbonyl (C=S) groups is 1. The zero-order valence-electron chi connectivity index (χ0n) is 10.3. The predicted octanol–water partition coefficient (Wildman–Crippen LogP) is 1.93. The lowest BCUT2D eigenvalue weighted by molar-refractivity contribution is -0.122. The molecule has 3 N–H and O–H groups in total. The zero-order valence-corrected chi connectivity index (χ0v) is 11.1. The fourth-order valence-electron chi connectivity index (χ4n) is 2.43. The van der Waals surface area contributed by atoms with Gasteiger partial charge in [0.15, 0.2) is 0 Å². The highest BCUT2D eigenvalue weighted by atomic mass is 32.1. The number of nitrogens with one attached hydrogen (secondary N) is 1. The molecule has 2 rings (SSSR count). The fourth-order valence-corrected chi connectivity index (χ4v) is 2.69. The van der Waals surface area contributed by atoms with E-state index < -0.39 is 5.54 Å². The van der Waals surface area contributed by atoms with E-state index in [2.05, 4.69) is 5.32 Å². The summed E-state index contributed by atoms with van der Waals surface area (Å²) in [6.45, 7) is 0. The molecule has 1 heterocycles. The molecule has 18 heavy (non-hydrogen) atoms. The molecular weight excluding hydrogens is 248 g/mol. The van der Waals surface area contributed by atoms with Gasteiger partial charge in [0, 0.05) is 12.8 Å². The molecule has 0 aromatic carbocycles. The number of hydrogen-bond donors (Lipinski definition) is 2. The Bertz CT molecular complexity index is 422. The van der Waals surface area contributed by atoms with Crippen molar-refractivity contribution in [1.82, 2.24) is 5.32 Å². The van der Waals surface area contributed by atoms with Gasteiger partial charge >= 0.3 is 0 Å². The summed E-state index contributed by atoms with van der Waals surface area (Å²) in [5, 5.41) is 3.01. The second-order valence-corrected chi connectivity index (χ2v) is 5.22. The van der Waals surface area contributed by atoms with Crippen LogP contribution in [0.5, 0.6) is 0 Å². The summed E-state index contributed by atoms with van der Waals surface area (Å²) in [5.74, 6) is 0.807. The summed E-state index contributed by atoms with van der Waals surface area (Å²) in [4.78, 5) is 12.3. The molecule has 0 unspecified atom stereocenters. The number of amides is 1. The number of hydrogen-bond acceptors (Lipinski definition) is 3. The maximum Gasteiger partial charge on any atom is 0.221 e. The van der Waals surface area contributed by atoms with Crippen molar-refractivity contribution in [2.75, 3.05) is 0 Å². The first-order chi connectivity index (χ1) is 8.62. The van der Waals surface area contributed by atoms with Crippen LogP contribution in [-0.2, 0) is 11.2 Å². The van der Waals surface area contributed by atoms with Gasteiger partial charge in [-0.05, 0) is 25.0 Å². The van der Waals surface area contributed by atoms with Crippen LogP contribution < -0.4 is 11.1 Å². The Morgan fingerprint density at radius 3 is 2.78 bits per heavy atom. The quantitative estimate of drug-likeness (QED) is 0.799. The van der Waals surface area contributed by atoms with E-state index in [1.807, 2.05) is 12.1 Å². The van der Waals surface area contributed by atoms with E-state index in [9.17, 15) is 4.79 Å². The Balaban J connectivity index is 1.88. The van der Waals surface area contributed by atoms with E-state index in [0.717, 1.165) is 31.4 Å². The second-order valence-electron chi connectivity index (χ2n) is 4.78. The zero-order chi connectivity index (χ0) is 13.0. The van der Waals surface area contributed by atoms with Gasteiger partial charge in [0.1, 0.15) is 5.76 Å². The standard InChI is InChI=1S/C13H18N2O2S/c14-12(18)13(7-1-2-8-13)15-11(16)6-5-10-4-3-9-17-10/h3-4,9H,1-2,5-8H2,(H2,14,18)(H,15,16). The predicted molar refractivity (Wildman–Crippen MR) is 73.2 cm³/mol. The van der Waals surface area contributed by atoms with Crippen LogP contribution in [0.25, 0.3) is 0 Å². The molecule has 0 radical (unpaired) electrons. The lowest BCUT2D eigenvalue weighted by Gasteiger charge is -2.29. The monoisotopic (exact) mass is 266 g/mol. The first-order valence-electron chi connectivity index (χ1n) is 6.26. The minimum absolute atomic E-state index is 0.0129. The van der Waals surface area contributed by atoms with Gasteiger partial charge in [-0.3, -0.25) is 4.79 Å². The van der Waals surface area contributed by atoms with Crippen LogP contribution in [0.2, 0.25) is 0 Å². The van der Waals surface area contributed by atoms with Crippen LogP contribution in [-0.4, -0.2) is 16.4 Å². The smallest absolute Gasteiger partial charge is 0.221 e. The Morgan fingerprint density at radius 2 is 2.22 bits per heavy atom. The van der Waals surface area contributed by atoms with Gasteiger partial charge in [0.25, 0.3) is 0 Å². The molecule has 4 nitrogen and oxygen atoms in total. The van der Waals surface area contributed by atoms with E-state index in [1.54, 1.807) is 6.26 Å². The first-order valence-corrected chi connectivity index (χ1v) is 6.66. The Labute approximate surface area is 112 Å². The van der Waals surface area contributed by atoms with E-state index in [1.165, 1.54) is 0 Å². The van der Waals surface area contributed by atoms with Crippen molar-refractivity contribution in [2.45, 2.75) is 44.1 Å². The average Bonchev–Trinajstić information content (AvgIpc) is 2.97. The number of carbonyl (C=O) groups is 1. The average molecular weight is 266 g/mol. The minimum atomic E-state index is -0.449. The summed E-state index contributed by atoms with van der Waals surface area (Å²) in [7, 11) is 0. The summed E-state index contributed by atoms with van der Waals surface area (Å²) in [6, 6.07) is 3.69. The highest BCUT2D eigenvalue weighted by Gasteiger charge is 2.37. The van der Waals surface area contributed by atoms with Gasteiger partial charge in [-0.25, -0.2) is 0 Å². The SMILES string of the molecule is NC(=S)C1(NC(=O)CCc2ccco2)CCCC1. The topological polar surface area (TPSA) is 68.3 Å². The van der Waals surface area contributed by atoms with E-state index in [0.29, 0.717) is 17.8 Å². The van der Waals surface area contributed by atoms with Gasteiger partial charge in [0.05, 0.1) is 16.8 Å². The van der Waals surface area contributed by atoms with Crippen LogP contribution >= 0.6 is 12.2 Å². The number of furan rings is 1. The highest BCUT2D eigenvalue weighted by Crippen LogP contribution is 2.30. The van der Waals surface area contributed by atoms with Crippen molar-refractivity contribution in [3.8, 4) is 0 Å². The number of aryl methyl sites for hydroxylation is 1. The Kier molecular flexibility index (Phi) is 4.01. The lowest BCUT2D eigenvalue weighted by Crippen LogP contribution is -2.54. The van der Waals surface area contributed by atoms with Gasteiger partial charge < -0.3 is 15.5 Å². The summed E-state index contributed by atoms with van der Waals surface area (Å²) in [6.07, 6.45) is 6.46. The second kappa shape index (κ2) is 5.52. The molecule has 0 saturated heterocycles. The van der Waals surface area contributed by atoms with Gasteiger partial charge in [0.2, 0.25) is 5.91 Å². The van der Waals surface area contributed by atoms with Crippen LogP contribution in [0.3, 0.4) is 0 Å². The van der Waals surface area contributed by atoms with Gasteiger partial charge in [-0.2, -0.15) is 0 Å². The molecule has 0 bridgehead atoms. The lowest BCUT2D eigenvalue weighted by atomic mass is 9.97. The van der Waals surface area contributed by atoms with E-state index >= 15 is 0 Å². The Hall–Kier alpha value is -1.36. The summed E-state index contributed by atoms with van der Waals surface area (Å²) in [5.41, 5.74) is 5.32. The molecule has 0 atom stereocenters. The number of rotatable bonds is 5. The minimum Gasteiger partial charge on any atom is -0.469 e. The first kappa shape index (κ1) is 13.1. The summed E-state index contributed by atoms with van der Waals surface area (Å²) >= 11 is 5.09. The molecule has 1 amide bonds. The molecule has 1 aromatic heterocycles. The molecule has 1 aliphatic carbocycles. The fraction of sp³-hybridized carbons (Fsp3) is 0.538. The van der Waals surface area contributed by atoms with Crippen LogP contribution in [0, 0.1) is 0 Å². The third-order valence-electron chi connectivity index (χ3n) is 3.49. The maximum absolute atomic E-state index is 11.9. The van der Waals surface area contributed by atoms with Gasteiger partial charge in [-0.15, -0.1) is 0 Å². The molecule has 98 valence electrons. The van der Waals surface area contributed by atoms with Crippen molar-refractivity contribution in [3.05, 3.63) is 24.2 Å². The van der Waals surface area contributed by atoms with Crippen molar-refractivity contribution in [2.24, 2.45) is 5.73 Å². The van der Waals surface area contributed by atoms with E-state index in [4.69, 9.17) is 22.4 Å².